The van der Waals surface area contributed by atoms with Crippen molar-refractivity contribution in [1.29, 1.82) is 0 Å². The quantitative estimate of drug-likeness (QED) is 0.445. The molecule has 0 radical (unpaired) electrons. The SMILES string of the molecule is CCCCCCCCCC(=O)Nc1cc(Cl)c(O)c(Cl)c1. The maximum atomic E-state index is 11.8. The van der Waals surface area contributed by atoms with Gasteiger partial charge in [-0.05, 0) is 18.6 Å². The van der Waals surface area contributed by atoms with Crippen molar-refractivity contribution in [3.8, 4) is 5.75 Å². The Hall–Kier alpha value is -0.930. The number of hydrogen-bond donors (Lipinski definition) is 2. The molecular weight excluding hydrogens is 309 g/mol. The average molecular weight is 332 g/mol. The first-order valence-corrected chi connectivity index (χ1v) is 8.28. The summed E-state index contributed by atoms with van der Waals surface area (Å²) in [6.07, 6.45) is 8.72. The molecule has 0 atom stereocenters. The van der Waals surface area contributed by atoms with Crippen LogP contribution in [0.3, 0.4) is 0 Å². The van der Waals surface area contributed by atoms with Gasteiger partial charge < -0.3 is 10.4 Å². The lowest BCUT2D eigenvalue weighted by Crippen LogP contribution is -2.11. The number of amides is 1. The van der Waals surface area contributed by atoms with Gasteiger partial charge >= 0.3 is 0 Å². The first-order valence-electron chi connectivity index (χ1n) is 7.52. The third-order valence-corrected chi connectivity index (χ3v) is 3.88. The van der Waals surface area contributed by atoms with Crippen molar-refractivity contribution in [2.24, 2.45) is 0 Å². The normalized spacial score (nSPS) is 10.6. The third-order valence-electron chi connectivity index (χ3n) is 3.31. The van der Waals surface area contributed by atoms with Crippen LogP contribution in [0.4, 0.5) is 5.69 Å². The minimum absolute atomic E-state index is 0.0543. The zero-order valence-electron chi connectivity index (χ0n) is 12.4. The van der Waals surface area contributed by atoms with E-state index in [2.05, 4.69) is 12.2 Å². The van der Waals surface area contributed by atoms with Crippen LogP contribution in [0.15, 0.2) is 12.1 Å². The van der Waals surface area contributed by atoms with Crippen LogP contribution in [0.1, 0.15) is 58.3 Å². The molecule has 0 saturated heterocycles. The second kappa shape index (κ2) is 9.91. The highest BCUT2D eigenvalue weighted by molar-refractivity contribution is 6.37. The first-order chi connectivity index (χ1) is 10.0. The van der Waals surface area contributed by atoms with Gasteiger partial charge in [0.05, 0.1) is 10.0 Å². The van der Waals surface area contributed by atoms with Crippen LogP contribution in [0.25, 0.3) is 0 Å². The Labute approximate surface area is 136 Å². The molecule has 5 heteroatoms. The van der Waals surface area contributed by atoms with Gasteiger partial charge in [-0.2, -0.15) is 0 Å². The Morgan fingerprint density at radius 3 is 2.14 bits per heavy atom. The summed E-state index contributed by atoms with van der Waals surface area (Å²) in [4.78, 5) is 11.8. The van der Waals surface area contributed by atoms with E-state index in [-0.39, 0.29) is 21.7 Å². The van der Waals surface area contributed by atoms with E-state index in [1.54, 1.807) is 0 Å². The number of nitrogens with one attached hydrogen (secondary N) is 1. The number of halogens is 2. The minimum atomic E-state index is -0.164. The molecule has 2 N–H and O–H groups in total. The molecule has 1 aromatic carbocycles. The van der Waals surface area contributed by atoms with Crippen molar-refractivity contribution >= 4 is 34.8 Å². The molecule has 1 aromatic rings. The number of unbranched alkanes of at least 4 members (excludes halogenated alkanes) is 6. The molecule has 0 bridgehead atoms. The second-order valence-corrected chi connectivity index (χ2v) is 6.02. The maximum Gasteiger partial charge on any atom is 0.224 e. The van der Waals surface area contributed by atoms with Crippen molar-refractivity contribution < 1.29 is 9.90 Å². The highest BCUT2D eigenvalue weighted by Gasteiger charge is 2.09. The summed E-state index contributed by atoms with van der Waals surface area (Å²) in [5, 5.41) is 12.5. The summed E-state index contributed by atoms with van der Waals surface area (Å²) in [5.41, 5.74) is 0.510. The topological polar surface area (TPSA) is 49.3 Å². The molecule has 0 heterocycles. The predicted molar refractivity (Wildman–Crippen MR) is 89.4 cm³/mol. The average Bonchev–Trinajstić information content (AvgIpc) is 2.43. The smallest absolute Gasteiger partial charge is 0.224 e. The van der Waals surface area contributed by atoms with Crippen LogP contribution in [0.5, 0.6) is 5.75 Å². The molecule has 21 heavy (non-hydrogen) atoms. The van der Waals surface area contributed by atoms with E-state index < -0.39 is 0 Å². The van der Waals surface area contributed by atoms with Crippen molar-refractivity contribution in [2.75, 3.05) is 5.32 Å². The Balaban J connectivity index is 2.25. The lowest BCUT2D eigenvalue weighted by Gasteiger charge is -2.08. The van der Waals surface area contributed by atoms with E-state index in [1.165, 1.54) is 44.2 Å². The van der Waals surface area contributed by atoms with Crippen LogP contribution in [0.2, 0.25) is 10.0 Å². The fourth-order valence-electron chi connectivity index (χ4n) is 2.10. The number of hydrogen-bond acceptors (Lipinski definition) is 2. The van der Waals surface area contributed by atoms with Gasteiger partial charge in [0.25, 0.3) is 0 Å². The molecule has 0 spiro atoms. The van der Waals surface area contributed by atoms with Gasteiger partial charge in [-0.15, -0.1) is 0 Å². The Morgan fingerprint density at radius 1 is 1.05 bits per heavy atom. The Morgan fingerprint density at radius 2 is 1.57 bits per heavy atom. The van der Waals surface area contributed by atoms with E-state index in [1.807, 2.05) is 0 Å². The minimum Gasteiger partial charge on any atom is -0.505 e. The lowest BCUT2D eigenvalue weighted by molar-refractivity contribution is -0.116. The number of aromatic hydroxyl groups is 1. The van der Waals surface area contributed by atoms with Gasteiger partial charge in [0, 0.05) is 12.1 Å². The molecule has 1 amide bonds. The number of rotatable bonds is 9. The molecule has 0 aliphatic heterocycles. The van der Waals surface area contributed by atoms with E-state index in [0.29, 0.717) is 12.1 Å². The first kappa shape index (κ1) is 18.1. The molecule has 0 aromatic heterocycles. The molecule has 0 aliphatic rings. The monoisotopic (exact) mass is 331 g/mol. The molecule has 0 saturated carbocycles. The Kier molecular flexibility index (Phi) is 8.55. The number of benzene rings is 1. The summed E-state index contributed by atoms with van der Waals surface area (Å²) in [6.45, 7) is 2.20. The van der Waals surface area contributed by atoms with Crippen molar-refractivity contribution in [3.63, 3.8) is 0 Å². The van der Waals surface area contributed by atoms with Crippen LogP contribution >= 0.6 is 23.2 Å². The predicted octanol–water partition coefficient (Wildman–Crippen LogP) is 5.78. The number of phenolic OH excluding ortho intramolecular Hbond substituents is 1. The number of phenols is 1. The van der Waals surface area contributed by atoms with Crippen LogP contribution in [0, 0.1) is 0 Å². The highest BCUT2D eigenvalue weighted by Crippen LogP contribution is 2.34. The molecule has 3 nitrogen and oxygen atoms in total. The van der Waals surface area contributed by atoms with Crippen LogP contribution in [-0.2, 0) is 4.79 Å². The highest BCUT2D eigenvalue weighted by atomic mass is 35.5. The van der Waals surface area contributed by atoms with Crippen LogP contribution < -0.4 is 5.32 Å². The molecule has 0 aliphatic carbocycles. The standard InChI is InChI=1S/C16H23Cl2NO2/c1-2-3-4-5-6-7-8-9-15(20)19-12-10-13(17)16(21)14(18)11-12/h10-11,21H,2-9H2,1H3,(H,19,20). The Bertz CT molecular complexity index is 441. The van der Waals surface area contributed by atoms with Gasteiger partial charge in [0.15, 0.2) is 5.75 Å². The third kappa shape index (κ3) is 7.05. The van der Waals surface area contributed by atoms with Crippen molar-refractivity contribution in [1.82, 2.24) is 0 Å². The summed E-state index contributed by atoms with van der Waals surface area (Å²) < 4.78 is 0. The largest absolute Gasteiger partial charge is 0.505 e. The van der Waals surface area contributed by atoms with Gasteiger partial charge in [-0.3, -0.25) is 4.79 Å². The van der Waals surface area contributed by atoms with E-state index in [9.17, 15) is 9.90 Å². The molecular formula is C16H23Cl2NO2. The maximum absolute atomic E-state index is 11.8. The lowest BCUT2D eigenvalue weighted by atomic mass is 10.1. The summed E-state index contributed by atoms with van der Waals surface area (Å²) >= 11 is 11.6. The summed E-state index contributed by atoms with van der Waals surface area (Å²) in [6, 6.07) is 2.98. The van der Waals surface area contributed by atoms with E-state index in [4.69, 9.17) is 23.2 Å². The van der Waals surface area contributed by atoms with Gasteiger partial charge in [-0.25, -0.2) is 0 Å². The molecule has 118 valence electrons. The van der Waals surface area contributed by atoms with Gasteiger partial charge in [0.1, 0.15) is 0 Å². The molecule has 0 fully saturated rings. The zero-order chi connectivity index (χ0) is 15.7. The number of carbonyl (C=O) groups excluding carboxylic acids is 1. The van der Waals surface area contributed by atoms with Crippen molar-refractivity contribution in [2.45, 2.75) is 58.3 Å². The summed E-state index contributed by atoms with van der Waals surface area (Å²) in [5.74, 6) is -0.218. The van der Waals surface area contributed by atoms with E-state index in [0.717, 1.165) is 12.8 Å². The number of carbonyl (C=O) groups is 1. The molecule has 1 rings (SSSR count). The van der Waals surface area contributed by atoms with Gasteiger partial charge in [0.2, 0.25) is 5.91 Å². The van der Waals surface area contributed by atoms with E-state index >= 15 is 0 Å². The summed E-state index contributed by atoms with van der Waals surface area (Å²) in [7, 11) is 0. The van der Waals surface area contributed by atoms with Crippen LogP contribution in [-0.4, -0.2) is 11.0 Å². The fraction of sp³-hybridized carbons (Fsp3) is 0.562. The van der Waals surface area contributed by atoms with Gasteiger partial charge in [-0.1, -0.05) is 68.7 Å². The second-order valence-electron chi connectivity index (χ2n) is 5.21. The fourth-order valence-corrected chi connectivity index (χ4v) is 2.59. The molecule has 0 unspecified atom stereocenters. The number of anilines is 1. The van der Waals surface area contributed by atoms with Crippen molar-refractivity contribution in [3.05, 3.63) is 22.2 Å². The zero-order valence-corrected chi connectivity index (χ0v) is 13.9.